The maximum atomic E-state index is 11.4. The zero-order chi connectivity index (χ0) is 15.5. The minimum absolute atomic E-state index is 0.0599. The van der Waals surface area contributed by atoms with Gasteiger partial charge in [0, 0.05) is 6.04 Å². The summed E-state index contributed by atoms with van der Waals surface area (Å²) in [7, 11) is 1.38. The number of fused-ring (bicyclic) bond motifs is 1. The van der Waals surface area contributed by atoms with Gasteiger partial charge in [-0.15, -0.1) is 11.3 Å². The highest BCUT2D eigenvalue weighted by Gasteiger charge is 2.11. The van der Waals surface area contributed by atoms with Crippen LogP contribution in [0.2, 0.25) is 0 Å². The van der Waals surface area contributed by atoms with Gasteiger partial charge >= 0.3 is 5.97 Å². The van der Waals surface area contributed by atoms with Crippen LogP contribution in [0.1, 0.15) is 28.9 Å². The number of aromatic nitrogens is 2. The summed E-state index contributed by atoms with van der Waals surface area (Å²) >= 11 is 1.59. The highest BCUT2D eigenvalue weighted by Crippen LogP contribution is 2.27. The summed E-state index contributed by atoms with van der Waals surface area (Å²) in [5, 5.41) is 6.41. The SMILES string of the molecule is COC(=O)c1ccc([C@H](C)Nc2ncnc3sccc23)cc1. The fourth-order valence-corrected chi connectivity index (χ4v) is 2.95. The number of ether oxygens (including phenoxy) is 1. The van der Waals surface area contributed by atoms with Gasteiger partial charge in [-0.05, 0) is 36.1 Å². The second-order valence-corrected chi connectivity index (χ2v) is 5.74. The number of nitrogens with zero attached hydrogens (tertiary/aromatic N) is 2. The van der Waals surface area contributed by atoms with Crippen LogP contribution in [-0.2, 0) is 4.74 Å². The molecule has 0 aliphatic rings. The van der Waals surface area contributed by atoms with Crippen molar-refractivity contribution in [3.8, 4) is 0 Å². The number of thiophene rings is 1. The molecule has 0 saturated heterocycles. The lowest BCUT2D eigenvalue weighted by atomic mass is 10.1. The fourth-order valence-electron chi connectivity index (χ4n) is 2.22. The Hall–Kier alpha value is -2.47. The molecule has 0 spiro atoms. The third-order valence-corrected chi connectivity index (χ3v) is 4.27. The van der Waals surface area contributed by atoms with Crippen molar-refractivity contribution in [2.75, 3.05) is 12.4 Å². The molecule has 2 heterocycles. The zero-order valence-corrected chi connectivity index (χ0v) is 13.1. The van der Waals surface area contributed by atoms with E-state index in [-0.39, 0.29) is 12.0 Å². The van der Waals surface area contributed by atoms with E-state index in [1.807, 2.05) is 30.5 Å². The summed E-state index contributed by atoms with van der Waals surface area (Å²) in [5.41, 5.74) is 1.61. The quantitative estimate of drug-likeness (QED) is 0.745. The van der Waals surface area contributed by atoms with E-state index < -0.39 is 0 Å². The first kappa shape index (κ1) is 14.5. The van der Waals surface area contributed by atoms with Gasteiger partial charge < -0.3 is 10.1 Å². The Balaban J connectivity index is 1.81. The lowest BCUT2D eigenvalue weighted by Crippen LogP contribution is -2.09. The second kappa shape index (κ2) is 6.11. The fraction of sp³-hybridized carbons (Fsp3) is 0.188. The Morgan fingerprint density at radius 2 is 2.00 bits per heavy atom. The van der Waals surface area contributed by atoms with Gasteiger partial charge in [0.15, 0.2) is 0 Å². The van der Waals surface area contributed by atoms with Crippen LogP contribution in [0.15, 0.2) is 42.0 Å². The standard InChI is InChI=1S/C16H15N3O2S/c1-10(11-3-5-12(6-4-11)16(20)21-2)19-14-13-7-8-22-15(13)18-9-17-14/h3-10H,1-2H3,(H,17,18,19)/t10-/m0/s1. The molecule has 112 valence electrons. The predicted molar refractivity (Wildman–Crippen MR) is 87.2 cm³/mol. The molecule has 0 fully saturated rings. The van der Waals surface area contributed by atoms with Crippen molar-refractivity contribution in [1.29, 1.82) is 0 Å². The third-order valence-electron chi connectivity index (χ3n) is 3.45. The zero-order valence-electron chi connectivity index (χ0n) is 12.2. The third kappa shape index (κ3) is 2.78. The number of carbonyl (C=O) groups is 1. The molecule has 0 saturated carbocycles. The molecule has 0 unspecified atom stereocenters. The molecule has 3 rings (SSSR count). The van der Waals surface area contributed by atoms with E-state index >= 15 is 0 Å². The van der Waals surface area contributed by atoms with Crippen LogP contribution in [-0.4, -0.2) is 23.0 Å². The average molecular weight is 313 g/mol. The van der Waals surface area contributed by atoms with Gasteiger partial charge in [-0.3, -0.25) is 0 Å². The van der Waals surface area contributed by atoms with E-state index in [2.05, 4.69) is 15.3 Å². The van der Waals surface area contributed by atoms with E-state index in [1.54, 1.807) is 29.8 Å². The second-order valence-electron chi connectivity index (χ2n) is 4.84. The summed E-state index contributed by atoms with van der Waals surface area (Å²) in [6.45, 7) is 2.05. The molecular formula is C16H15N3O2S. The molecule has 2 aromatic heterocycles. The monoisotopic (exact) mass is 313 g/mol. The van der Waals surface area contributed by atoms with Crippen LogP contribution < -0.4 is 5.32 Å². The Kier molecular flexibility index (Phi) is 4.02. The Morgan fingerprint density at radius 3 is 2.73 bits per heavy atom. The molecule has 3 aromatic rings. The minimum Gasteiger partial charge on any atom is -0.465 e. The van der Waals surface area contributed by atoms with E-state index in [4.69, 9.17) is 4.74 Å². The molecule has 22 heavy (non-hydrogen) atoms. The number of carbonyl (C=O) groups excluding carboxylic acids is 1. The van der Waals surface area contributed by atoms with Gasteiger partial charge in [0.25, 0.3) is 0 Å². The van der Waals surface area contributed by atoms with Crippen LogP contribution in [0.4, 0.5) is 5.82 Å². The Morgan fingerprint density at radius 1 is 1.23 bits per heavy atom. The molecule has 1 aromatic carbocycles. The molecule has 1 atom stereocenters. The Labute approximate surface area is 132 Å². The van der Waals surface area contributed by atoms with Gasteiger partial charge in [0.1, 0.15) is 17.0 Å². The smallest absolute Gasteiger partial charge is 0.337 e. The summed E-state index contributed by atoms with van der Waals surface area (Å²) in [4.78, 5) is 21.0. The lowest BCUT2D eigenvalue weighted by molar-refractivity contribution is 0.0600. The summed E-state index contributed by atoms with van der Waals surface area (Å²) in [6, 6.07) is 9.42. The van der Waals surface area contributed by atoms with E-state index in [0.29, 0.717) is 5.56 Å². The molecule has 0 radical (unpaired) electrons. The van der Waals surface area contributed by atoms with Crippen molar-refractivity contribution in [3.05, 3.63) is 53.2 Å². The maximum absolute atomic E-state index is 11.4. The first-order valence-corrected chi connectivity index (χ1v) is 7.70. The molecule has 0 aliphatic heterocycles. The highest BCUT2D eigenvalue weighted by molar-refractivity contribution is 7.16. The largest absolute Gasteiger partial charge is 0.465 e. The average Bonchev–Trinajstić information content (AvgIpc) is 3.04. The molecule has 1 N–H and O–H groups in total. The molecule has 6 heteroatoms. The number of hydrogen-bond acceptors (Lipinski definition) is 6. The molecule has 5 nitrogen and oxygen atoms in total. The van der Waals surface area contributed by atoms with Gasteiger partial charge in [-0.25, -0.2) is 14.8 Å². The van der Waals surface area contributed by atoms with Crippen LogP contribution in [0.5, 0.6) is 0 Å². The molecule has 0 bridgehead atoms. The maximum Gasteiger partial charge on any atom is 0.337 e. The van der Waals surface area contributed by atoms with Crippen molar-refractivity contribution >= 4 is 33.3 Å². The number of rotatable bonds is 4. The molecular weight excluding hydrogens is 298 g/mol. The summed E-state index contributed by atoms with van der Waals surface area (Å²) in [6.07, 6.45) is 1.56. The van der Waals surface area contributed by atoms with Gasteiger partial charge in [0.05, 0.1) is 18.1 Å². The summed E-state index contributed by atoms with van der Waals surface area (Å²) < 4.78 is 4.70. The van der Waals surface area contributed by atoms with Crippen molar-refractivity contribution in [3.63, 3.8) is 0 Å². The van der Waals surface area contributed by atoms with Crippen LogP contribution in [0.25, 0.3) is 10.2 Å². The normalized spacial score (nSPS) is 12.1. The molecule has 0 aliphatic carbocycles. The van der Waals surface area contributed by atoms with Crippen LogP contribution >= 0.6 is 11.3 Å². The van der Waals surface area contributed by atoms with Crippen molar-refractivity contribution in [2.45, 2.75) is 13.0 Å². The number of nitrogens with one attached hydrogen (secondary N) is 1. The Bertz CT molecular complexity index is 799. The highest BCUT2D eigenvalue weighted by atomic mass is 32.1. The predicted octanol–water partition coefficient (Wildman–Crippen LogP) is 3.65. The first-order valence-electron chi connectivity index (χ1n) is 6.82. The number of anilines is 1. The van der Waals surface area contributed by atoms with E-state index in [9.17, 15) is 4.79 Å². The van der Waals surface area contributed by atoms with Gasteiger partial charge in [-0.1, -0.05) is 12.1 Å². The van der Waals surface area contributed by atoms with Gasteiger partial charge in [-0.2, -0.15) is 0 Å². The van der Waals surface area contributed by atoms with Crippen molar-refractivity contribution in [1.82, 2.24) is 9.97 Å². The van der Waals surface area contributed by atoms with Crippen molar-refractivity contribution < 1.29 is 9.53 Å². The number of hydrogen-bond donors (Lipinski definition) is 1. The van der Waals surface area contributed by atoms with Crippen molar-refractivity contribution in [2.24, 2.45) is 0 Å². The van der Waals surface area contributed by atoms with Crippen LogP contribution in [0, 0.1) is 0 Å². The van der Waals surface area contributed by atoms with E-state index in [1.165, 1.54) is 7.11 Å². The first-order chi connectivity index (χ1) is 10.7. The van der Waals surface area contributed by atoms with Crippen LogP contribution in [0.3, 0.4) is 0 Å². The summed E-state index contributed by atoms with van der Waals surface area (Å²) in [5.74, 6) is 0.485. The van der Waals surface area contributed by atoms with E-state index in [0.717, 1.165) is 21.6 Å². The van der Waals surface area contributed by atoms with Gasteiger partial charge in [0.2, 0.25) is 0 Å². The molecule has 0 amide bonds. The number of esters is 1. The topological polar surface area (TPSA) is 64.1 Å². The number of benzene rings is 1. The minimum atomic E-state index is -0.331. The lowest BCUT2D eigenvalue weighted by Gasteiger charge is -2.15. The number of methoxy groups -OCH3 is 1.